The first kappa shape index (κ1) is 12.3. The van der Waals surface area contributed by atoms with Crippen molar-refractivity contribution in [3.8, 4) is 5.75 Å². The van der Waals surface area contributed by atoms with E-state index in [9.17, 15) is 9.00 Å². The van der Waals surface area contributed by atoms with Crippen LogP contribution in [0.5, 0.6) is 5.75 Å². The van der Waals surface area contributed by atoms with Gasteiger partial charge in [-0.2, -0.15) is 0 Å². The first-order chi connectivity index (χ1) is 8.66. The Bertz CT molecular complexity index is 563. The van der Waals surface area contributed by atoms with Crippen LogP contribution in [-0.2, 0) is 11.1 Å². The Morgan fingerprint density at radius 3 is 2.17 bits per heavy atom. The Morgan fingerprint density at radius 2 is 1.61 bits per heavy atom. The van der Waals surface area contributed by atoms with Gasteiger partial charge in [-0.15, -0.1) is 0 Å². The van der Waals surface area contributed by atoms with Gasteiger partial charge in [0.25, 0.3) is 0 Å². The Hall–Kier alpha value is -2.14. The number of carbonyl (C=O) groups is 1. The molecule has 1 atom stereocenters. The number of aromatic carboxylic acids is 1. The fourth-order valence-electron chi connectivity index (χ4n) is 1.32. The topological polar surface area (TPSA) is 63.6 Å². The van der Waals surface area contributed by atoms with Crippen LogP contribution in [0.25, 0.3) is 0 Å². The average molecular weight is 262 g/mol. The van der Waals surface area contributed by atoms with Crippen molar-refractivity contribution >= 4 is 17.0 Å². The highest BCUT2D eigenvalue weighted by Crippen LogP contribution is 2.16. The molecule has 0 saturated heterocycles. The van der Waals surface area contributed by atoms with Crippen LogP contribution >= 0.6 is 0 Å². The molecule has 0 radical (unpaired) electrons. The van der Waals surface area contributed by atoms with Crippen molar-refractivity contribution in [1.29, 1.82) is 0 Å². The second kappa shape index (κ2) is 5.46. The molecular weight excluding hydrogens is 252 g/mol. The SMILES string of the molecule is O=C(O)c1ccc(OS(=O)c2ccccc2)cc1. The minimum absolute atomic E-state index is 0.160. The number of carboxylic acid groups (broad SMARTS) is 1. The van der Waals surface area contributed by atoms with Crippen molar-refractivity contribution in [3.05, 3.63) is 60.2 Å². The van der Waals surface area contributed by atoms with Gasteiger partial charge in [0, 0.05) is 0 Å². The summed E-state index contributed by atoms with van der Waals surface area (Å²) in [5.74, 6) is -0.645. The lowest BCUT2D eigenvalue weighted by Gasteiger charge is -2.04. The minimum Gasteiger partial charge on any atom is -0.478 e. The number of benzene rings is 2. The maximum absolute atomic E-state index is 11.8. The second-order valence-electron chi connectivity index (χ2n) is 3.46. The van der Waals surface area contributed by atoms with Crippen LogP contribution in [0.3, 0.4) is 0 Å². The van der Waals surface area contributed by atoms with Gasteiger partial charge in [-0.25, -0.2) is 9.00 Å². The fourth-order valence-corrected chi connectivity index (χ4v) is 2.08. The van der Waals surface area contributed by atoms with Crippen LogP contribution in [0.4, 0.5) is 0 Å². The minimum atomic E-state index is -1.60. The third-order valence-electron chi connectivity index (χ3n) is 2.21. The largest absolute Gasteiger partial charge is 0.478 e. The summed E-state index contributed by atoms with van der Waals surface area (Å²) in [4.78, 5) is 11.2. The predicted molar refractivity (Wildman–Crippen MR) is 66.9 cm³/mol. The molecule has 0 amide bonds. The van der Waals surface area contributed by atoms with Gasteiger partial charge in [-0.05, 0) is 36.4 Å². The van der Waals surface area contributed by atoms with Gasteiger partial charge in [0.05, 0.1) is 10.5 Å². The monoisotopic (exact) mass is 262 g/mol. The average Bonchev–Trinajstić information content (AvgIpc) is 2.40. The summed E-state index contributed by atoms with van der Waals surface area (Å²) in [6, 6.07) is 14.5. The summed E-state index contributed by atoms with van der Waals surface area (Å²) in [5.41, 5.74) is 0.160. The maximum atomic E-state index is 11.8. The van der Waals surface area contributed by atoms with E-state index in [1.54, 1.807) is 24.3 Å². The van der Waals surface area contributed by atoms with Crippen LogP contribution in [0.2, 0.25) is 0 Å². The molecule has 0 aliphatic heterocycles. The molecule has 18 heavy (non-hydrogen) atoms. The van der Waals surface area contributed by atoms with Crippen LogP contribution in [0, 0.1) is 0 Å². The van der Waals surface area contributed by atoms with Crippen molar-refractivity contribution in [3.63, 3.8) is 0 Å². The fraction of sp³-hybridized carbons (Fsp3) is 0. The van der Waals surface area contributed by atoms with E-state index in [0.29, 0.717) is 10.6 Å². The van der Waals surface area contributed by atoms with E-state index in [1.165, 1.54) is 24.3 Å². The van der Waals surface area contributed by atoms with Gasteiger partial charge in [0.15, 0.2) is 0 Å². The highest BCUT2D eigenvalue weighted by atomic mass is 32.2. The molecule has 0 aliphatic carbocycles. The molecule has 0 aromatic heterocycles. The second-order valence-corrected chi connectivity index (χ2v) is 4.57. The van der Waals surface area contributed by atoms with Crippen molar-refractivity contribution < 1.29 is 18.3 Å². The molecule has 0 spiro atoms. The van der Waals surface area contributed by atoms with E-state index < -0.39 is 17.0 Å². The lowest BCUT2D eigenvalue weighted by molar-refractivity contribution is 0.0697. The number of carboxylic acids is 1. The molecule has 5 heteroatoms. The van der Waals surface area contributed by atoms with E-state index in [-0.39, 0.29) is 5.56 Å². The van der Waals surface area contributed by atoms with E-state index in [2.05, 4.69) is 0 Å². The third-order valence-corrected chi connectivity index (χ3v) is 3.21. The van der Waals surface area contributed by atoms with Crippen LogP contribution in [0.1, 0.15) is 10.4 Å². The molecule has 92 valence electrons. The van der Waals surface area contributed by atoms with Gasteiger partial charge in [-0.3, -0.25) is 0 Å². The highest BCUT2D eigenvalue weighted by molar-refractivity contribution is 7.80. The molecule has 2 aromatic rings. The molecule has 2 rings (SSSR count). The quantitative estimate of drug-likeness (QED) is 0.919. The number of hydrogen-bond donors (Lipinski definition) is 1. The molecule has 0 fully saturated rings. The van der Waals surface area contributed by atoms with E-state index in [0.717, 1.165) is 0 Å². The van der Waals surface area contributed by atoms with Crippen LogP contribution in [-0.4, -0.2) is 15.3 Å². The molecule has 0 bridgehead atoms. The molecule has 4 nitrogen and oxygen atoms in total. The summed E-state index contributed by atoms with van der Waals surface area (Å²) >= 11 is -1.60. The summed E-state index contributed by atoms with van der Waals surface area (Å²) in [7, 11) is 0. The summed E-state index contributed by atoms with van der Waals surface area (Å²) < 4.78 is 17.0. The molecule has 2 aromatic carbocycles. The lowest BCUT2D eigenvalue weighted by atomic mass is 10.2. The first-order valence-corrected chi connectivity index (χ1v) is 6.23. The smallest absolute Gasteiger partial charge is 0.335 e. The van der Waals surface area contributed by atoms with Crippen molar-refractivity contribution in [2.45, 2.75) is 4.90 Å². The van der Waals surface area contributed by atoms with Crippen molar-refractivity contribution in [1.82, 2.24) is 0 Å². The molecular formula is C13H10O4S. The molecule has 1 N–H and O–H groups in total. The van der Waals surface area contributed by atoms with Gasteiger partial charge in [0.2, 0.25) is 11.1 Å². The molecule has 0 saturated carbocycles. The zero-order valence-electron chi connectivity index (χ0n) is 9.28. The Labute approximate surface area is 107 Å². The third kappa shape index (κ3) is 2.95. The molecule has 0 aliphatic rings. The van der Waals surface area contributed by atoms with Gasteiger partial charge >= 0.3 is 5.97 Å². The number of rotatable bonds is 4. The standard InChI is InChI=1S/C13H10O4S/c14-13(15)10-6-8-11(9-7-10)17-18(16)12-4-2-1-3-5-12/h1-9H,(H,14,15). The lowest BCUT2D eigenvalue weighted by Crippen LogP contribution is -2.01. The number of hydrogen-bond acceptors (Lipinski definition) is 3. The summed E-state index contributed by atoms with van der Waals surface area (Å²) in [6.07, 6.45) is 0. The van der Waals surface area contributed by atoms with Gasteiger partial charge < -0.3 is 9.29 Å². The maximum Gasteiger partial charge on any atom is 0.335 e. The van der Waals surface area contributed by atoms with Crippen molar-refractivity contribution in [2.75, 3.05) is 0 Å². The zero-order valence-corrected chi connectivity index (χ0v) is 10.1. The van der Waals surface area contributed by atoms with E-state index in [4.69, 9.17) is 9.29 Å². The first-order valence-electron chi connectivity index (χ1n) is 5.15. The highest BCUT2D eigenvalue weighted by Gasteiger charge is 2.07. The van der Waals surface area contributed by atoms with Gasteiger partial charge in [-0.1, -0.05) is 18.2 Å². The summed E-state index contributed by atoms with van der Waals surface area (Å²) in [6.45, 7) is 0. The summed E-state index contributed by atoms with van der Waals surface area (Å²) in [5, 5.41) is 8.73. The van der Waals surface area contributed by atoms with Crippen LogP contribution < -0.4 is 4.18 Å². The normalized spacial score (nSPS) is 11.8. The van der Waals surface area contributed by atoms with Gasteiger partial charge in [0.1, 0.15) is 5.75 Å². The Morgan fingerprint density at radius 1 is 1.00 bits per heavy atom. The van der Waals surface area contributed by atoms with Crippen LogP contribution in [0.15, 0.2) is 59.5 Å². The Kier molecular flexibility index (Phi) is 3.74. The predicted octanol–water partition coefficient (Wildman–Crippen LogP) is 2.49. The zero-order chi connectivity index (χ0) is 13.0. The molecule has 1 unspecified atom stereocenters. The Balaban J connectivity index is 2.10. The van der Waals surface area contributed by atoms with E-state index in [1.807, 2.05) is 6.07 Å². The molecule has 0 heterocycles. The van der Waals surface area contributed by atoms with Crippen molar-refractivity contribution in [2.24, 2.45) is 0 Å². The van der Waals surface area contributed by atoms with E-state index >= 15 is 0 Å².